The number of nitrogens with two attached hydrogens (primary N) is 1. The summed E-state index contributed by atoms with van der Waals surface area (Å²) >= 11 is 2.06. The van der Waals surface area contributed by atoms with E-state index in [0.29, 0.717) is 0 Å². The molecule has 0 aliphatic heterocycles. The van der Waals surface area contributed by atoms with Crippen LogP contribution in [0.1, 0.15) is 57.3 Å². The van der Waals surface area contributed by atoms with Gasteiger partial charge in [-0.05, 0) is 19.3 Å². The molecule has 1 atom stereocenters. The fourth-order valence-electron chi connectivity index (χ4n) is 2.72. The maximum absolute atomic E-state index is 5.73. The first-order valence-corrected chi connectivity index (χ1v) is 8.48. The molecular weight excluding hydrogens is 256 g/mol. The minimum absolute atomic E-state index is 0.161. The van der Waals surface area contributed by atoms with E-state index < -0.39 is 0 Å². The van der Waals surface area contributed by atoms with Gasteiger partial charge in [-0.2, -0.15) is 11.8 Å². The summed E-state index contributed by atoms with van der Waals surface area (Å²) in [7, 11) is 0. The lowest BCUT2D eigenvalue weighted by Crippen LogP contribution is -2.32. The highest BCUT2D eigenvalue weighted by molar-refractivity contribution is 7.99. The first kappa shape index (κ1) is 14.9. The molecule has 0 amide bonds. The van der Waals surface area contributed by atoms with Crippen LogP contribution in [0.5, 0.6) is 0 Å². The summed E-state index contributed by atoms with van der Waals surface area (Å²) in [6, 6.07) is 0.161. The van der Waals surface area contributed by atoms with E-state index in [-0.39, 0.29) is 6.04 Å². The van der Waals surface area contributed by atoms with Gasteiger partial charge < -0.3 is 4.57 Å². The van der Waals surface area contributed by atoms with Gasteiger partial charge in [-0.15, -0.1) is 0 Å². The van der Waals surface area contributed by atoms with Crippen molar-refractivity contribution in [3.8, 4) is 0 Å². The van der Waals surface area contributed by atoms with Gasteiger partial charge in [-0.25, -0.2) is 10.4 Å². The molecule has 3 N–H and O–H groups in total. The topological polar surface area (TPSA) is 55.9 Å². The van der Waals surface area contributed by atoms with Crippen molar-refractivity contribution in [2.75, 3.05) is 5.75 Å². The van der Waals surface area contributed by atoms with Gasteiger partial charge in [0.05, 0.1) is 6.04 Å². The van der Waals surface area contributed by atoms with Crippen LogP contribution in [0.2, 0.25) is 0 Å². The molecule has 4 nitrogen and oxygen atoms in total. The van der Waals surface area contributed by atoms with Crippen molar-refractivity contribution in [2.24, 2.45) is 5.84 Å². The third-order valence-corrected chi connectivity index (χ3v) is 5.24. The zero-order valence-electron chi connectivity index (χ0n) is 11.8. The van der Waals surface area contributed by atoms with Gasteiger partial charge in [0.1, 0.15) is 5.82 Å². The molecule has 108 valence electrons. The number of nitrogens with one attached hydrogen (secondary N) is 1. The molecule has 1 aliphatic carbocycles. The zero-order valence-corrected chi connectivity index (χ0v) is 12.7. The lowest BCUT2D eigenvalue weighted by Gasteiger charge is -2.24. The van der Waals surface area contributed by atoms with Crippen molar-refractivity contribution in [3.63, 3.8) is 0 Å². The Balaban J connectivity index is 1.89. The van der Waals surface area contributed by atoms with Crippen LogP contribution in [0, 0.1) is 0 Å². The third kappa shape index (κ3) is 4.23. The zero-order chi connectivity index (χ0) is 13.5. The lowest BCUT2D eigenvalue weighted by atomic mass is 10.0. The molecule has 1 aliphatic rings. The van der Waals surface area contributed by atoms with Crippen molar-refractivity contribution in [1.29, 1.82) is 0 Å². The highest BCUT2D eigenvalue weighted by atomic mass is 32.2. The fourth-order valence-corrected chi connectivity index (χ4v) is 4.10. The van der Waals surface area contributed by atoms with Crippen LogP contribution in [-0.4, -0.2) is 20.6 Å². The maximum atomic E-state index is 5.73. The number of hydrogen-bond donors (Lipinski definition) is 2. The number of rotatable bonds is 7. The van der Waals surface area contributed by atoms with E-state index in [9.17, 15) is 0 Å². The molecule has 0 radical (unpaired) electrons. The van der Waals surface area contributed by atoms with Crippen molar-refractivity contribution in [2.45, 2.75) is 63.3 Å². The van der Waals surface area contributed by atoms with Gasteiger partial charge in [0.2, 0.25) is 0 Å². The molecule has 1 aromatic rings. The van der Waals surface area contributed by atoms with E-state index in [2.05, 4.69) is 39.9 Å². The fraction of sp³-hybridized carbons (Fsp3) is 0.786. The number of aromatic nitrogens is 2. The van der Waals surface area contributed by atoms with E-state index in [4.69, 9.17) is 5.84 Å². The standard InChI is InChI=1S/C14H26N4S/c1-2-9-18-10-8-16-14(18)13(17-15)11-19-12-6-4-3-5-7-12/h8,10,12-13,17H,2-7,9,11,15H2,1H3. The summed E-state index contributed by atoms with van der Waals surface area (Å²) in [5.74, 6) is 7.82. The smallest absolute Gasteiger partial charge is 0.128 e. The second-order valence-electron chi connectivity index (χ2n) is 5.29. The minimum Gasteiger partial charge on any atom is -0.334 e. The first-order chi connectivity index (χ1) is 9.35. The number of thioether (sulfide) groups is 1. The van der Waals surface area contributed by atoms with Crippen molar-refractivity contribution < 1.29 is 0 Å². The quantitative estimate of drug-likeness (QED) is 0.596. The summed E-state index contributed by atoms with van der Waals surface area (Å²) in [6.07, 6.45) is 12.0. The Hall–Kier alpha value is -0.520. The third-order valence-electron chi connectivity index (χ3n) is 3.78. The van der Waals surface area contributed by atoms with Gasteiger partial charge in [0.25, 0.3) is 0 Å². The molecule has 0 bridgehead atoms. The van der Waals surface area contributed by atoms with Gasteiger partial charge in [0.15, 0.2) is 0 Å². The van der Waals surface area contributed by atoms with Gasteiger partial charge >= 0.3 is 0 Å². The molecule has 19 heavy (non-hydrogen) atoms. The molecule has 1 fully saturated rings. The van der Waals surface area contributed by atoms with E-state index in [1.807, 2.05) is 6.20 Å². The largest absolute Gasteiger partial charge is 0.334 e. The van der Waals surface area contributed by atoms with Gasteiger partial charge in [-0.1, -0.05) is 26.2 Å². The van der Waals surface area contributed by atoms with Crippen LogP contribution in [-0.2, 0) is 6.54 Å². The first-order valence-electron chi connectivity index (χ1n) is 7.44. The van der Waals surface area contributed by atoms with E-state index >= 15 is 0 Å². The maximum Gasteiger partial charge on any atom is 0.128 e. The molecule has 0 aromatic carbocycles. The van der Waals surface area contributed by atoms with Gasteiger partial charge in [-0.3, -0.25) is 5.84 Å². The predicted octanol–water partition coefficient (Wildman–Crippen LogP) is 2.86. The average Bonchev–Trinajstić information content (AvgIpc) is 2.90. The van der Waals surface area contributed by atoms with Crippen LogP contribution >= 0.6 is 11.8 Å². The molecule has 5 heteroatoms. The number of hydrogen-bond acceptors (Lipinski definition) is 4. The Morgan fingerprint density at radius 2 is 2.26 bits per heavy atom. The van der Waals surface area contributed by atoms with Gasteiger partial charge in [0, 0.05) is 29.9 Å². The van der Waals surface area contributed by atoms with Crippen LogP contribution in [0.4, 0.5) is 0 Å². The molecule has 1 unspecified atom stereocenters. The summed E-state index contributed by atoms with van der Waals surface area (Å²) in [5.41, 5.74) is 2.94. The van der Waals surface area contributed by atoms with E-state index in [0.717, 1.165) is 29.8 Å². The molecule has 1 aromatic heterocycles. The number of aryl methyl sites for hydroxylation is 1. The normalized spacial score (nSPS) is 18.6. The highest BCUT2D eigenvalue weighted by Crippen LogP contribution is 2.30. The average molecular weight is 282 g/mol. The van der Waals surface area contributed by atoms with Crippen molar-refractivity contribution in [1.82, 2.24) is 15.0 Å². The predicted molar refractivity (Wildman–Crippen MR) is 81.9 cm³/mol. The molecule has 0 saturated heterocycles. The van der Waals surface area contributed by atoms with Crippen LogP contribution in [0.25, 0.3) is 0 Å². The Morgan fingerprint density at radius 1 is 1.47 bits per heavy atom. The molecule has 0 spiro atoms. The minimum atomic E-state index is 0.161. The Labute approximate surface area is 120 Å². The summed E-state index contributed by atoms with van der Waals surface area (Å²) in [4.78, 5) is 4.48. The summed E-state index contributed by atoms with van der Waals surface area (Å²) in [6.45, 7) is 3.20. The Bertz CT molecular complexity index is 360. The second kappa shape index (κ2) is 7.92. The lowest BCUT2D eigenvalue weighted by molar-refractivity contribution is 0.508. The molecular formula is C14H26N4S. The number of imidazole rings is 1. The van der Waals surface area contributed by atoms with E-state index in [1.165, 1.54) is 32.1 Å². The van der Waals surface area contributed by atoms with E-state index in [1.54, 1.807) is 0 Å². The SMILES string of the molecule is CCCn1ccnc1C(CSC1CCCCC1)NN. The Kier molecular flexibility index (Phi) is 6.20. The molecule has 2 rings (SSSR count). The monoisotopic (exact) mass is 282 g/mol. The number of nitrogens with zero attached hydrogens (tertiary/aromatic N) is 2. The van der Waals surface area contributed by atoms with Crippen molar-refractivity contribution >= 4 is 11.8 Å². The summed E-state index contributed by atoms with van der Waals surface area (Å²) < 4.78 is 2.21. The van der Waals surface area contributed by atoms with Crippen LogP contribution in [0.3, 0.4) is 0 Å². The number of hydrazine groups is 1. The molecule has 1 saturated carbocycles. The summed E-state index contributed by atoms with van der Waals surface area (Å²) in [5, 5.41) is 0.819. The van der Waals surface area contributed by atoms with Crippen LogP contribution < -0.4 is 11.3 Å². The van der Waals surface area contributed by atoms with Crippen molar-refractivity contribution in [3.05, 3.63) is 18.2 Å². The molecule has 1 heterocycles. The van der Waals surface area contributed by atoms with Crippen LogP contribution in [0.15, 0.2) is 12.4 Å². The highest BCUT2D eigenvalue weighted by Gasteiger charge is 2.19. The second-order valence-corrected chi connectivity index (χ2v) is 6.62. The Morgan fingerprint density at radius 3 is 2.95 bits per heavy atom.